The van der Waals surface area contributed by atoms with E-state index in [0.29, 0.717) is 21.8 Å². The van der Waals surface area contributed by atoms with Gasteiger partial charge in [0.2, 0.25) is 0 Å². The highest BCUT2D eigenvalue weighted by Gasteiger charge is 2.18. The van der Waals surface area contributed by atoms with Crippen molar-refractivity contribution in [1.82, 2.24) is 10.3 Å². The topological polar surface area (TPSA) is 71.1 Å². The van der Waals surface area contributed by atoms with Crippen LogP contribution in [-0.2, 0) is 0 Å². The fourth-order valence-corrected chi connectivity index (χ4v) is 3.25. The smallest absolute Gasteiger partial charge is 0.268 e. The normalized spacial score (nSPS) is 10.3. The van der Waals surface area contributed by atoms with Gasteiger partial charge in [-0.3, -0.25) is 9.59 Å². The van der Waals surface area contributed by atoms with E-state index in [9.17, 15) is 9.59 Å². The molecule has 3 rings (SSSR count). The van der Waals surface area contributed by atoms with Crippen LogP contribution in [0.1, 0.15) is 25.0 Å². The van der Waals surface area contributed by atoms with Gasteiger partial charge in [0, 0.05) is 23.9 Å². The summed E-state index contributed by atoms with van der Waals surface area (Å²) in [4.78, 5) is 29.3. The molecule has 0 unspecified atom stereocenters. The van der Waals surface area contributed by atoms with E-state index in [2.05, 4.69) is 15.6 Å². The van der Waals surface area contributed by atoms with Gasteiger partial charge in [-0.05, 0) is 31.2 Å². The summed E-state index contributed by atoms with van der Waals surface area (Å²) in [6.07, 6.45) is 0. The van der Waals surface area contributed by atoms with E-state index in [4.69, 9.17) is 0 Å². The van der Waals surface area contributed by atoms with Crippen molar-refractivity contribution in [3.05, 3.63) is 70.0 Å². The summed E-state index contributed by atoms with van der Waals surface area (Å²) < 4.78 is 0. The molecule has 6 heteroatoms. The molecule has 0 aliphatic carbocycles. The Morgan fingerprint density at radius 3 is 2.28 bits per heavy atom. The van der Waals surface area contributed by atoms with Gasteiger partial charge in [0.05, 0.1) is 10.7 Å². The lowest BCUT2D eigenvalue weighted by atomic mass is 10.1. The summed E-state index contributed by atoms with van der Waals surface area (Å²) in [7, 11) is 1.58. The Kier molecular flexibility index (Phi) is 4.90. The monoisotopic (exact) mass is 351 g/mol. The van der Waals surface area contributed by atoms with E-state index in [-0.39, 0.29) is 11.8 Å². The number of benzene rings is 2. The van der Waals surface area contributed by atoms with Gasteiger partial charge in [-0.1, -0.05) is 30.3 Å². The minimum absolute atomic E-state index is 0.165. The first-order valence-corrected chi connectivity index (χ1v) is 8.56. The highest BCUT2D eigenvalue weighted by Crippen LogP contribution is 2.28. The largest absolute Gasteiger partial charge is 0.355 e. The van der Waals surface area contributed by atoms with Crippen LogP contribution in [0.4, 0.5) is 5.69 Å². The SMILES string of the molecule is CNC(=O)c1ccc(NC(=O)c2sc(C)nc2-c2ccccc2)cc1. The van der Waals surface area contributed by atoms with E-state index in [0.717, 1.165) is 10.6 Å². The maximum absolute atomic E-state index is 12.7. The Bertz CT molecular complexity index is 902. The van der Waals surface area contributed by atoms with Crippen molar-refractivity contribution in [2.45, 2.75) is 6.92 Å². The molecule has 0 aliphatic rings. The highest BCUT2D eigenvalue weighted by molar-refractivity contribution is 7.14. The molecule has 0 fully saturated rings. The molecule has 25 heavy (non-hydrogen) atoms. The quantitative estimate of drug-likeness (QED) is 0.752. The number of carbonyl (C=O) groups excluding carboxylic acids is 2. The number of nitrogens with one attached hydrogen (secondary N) is 2. The van der Waals surface area contributed by atoms with E-state index >= 15 is 0 Å². The average molecular weight is 351 g/mol. The summed E-state index contributed by atoms with van der Waals surface area (Å²) in [6.45, 7) is 1.88. The van der Waals surface area contributed by atoms with Crippen molar-refractivity contribution >= 4 is 28.8 Å². The van der Waals surface area contributed by atoms with Gasteiger partial charge >= 0.3 is 0 Å². The molecule has 0 aliphatic heterocycles. The summed E-state index contributed by atoms with van der Waals surface area (Å²) in [5, 5.41) is 6.26. The lowest BCUT2D eigenvalue weighted by Gasteiger charge is -2.06. The zero-order valence-corrected chi connectivity index (χ0v) is 14.7. The minimum Gasteiger partial charge on any atom is -0.355 e. The van der Waals surface area contributed by atoms with E-state index in [1.807, 2.05) is 37.3 Å². The van der Waals surface area contributed by atoms with Crippen LogP contribution < -0.4 is 10.6 Å². The molecule has 0 atom stereocenters. The Morgan fingerprint density at radius 1 is 0.960 bits per heavy atom. The molecule has 1 heterocycles. The minimum atomic E-state index is -0.211. The van der Waals surface area contributed by atoms with Gasteiger partial charge < -0.3 is 10.6 Å². The van der Waals surface area contributed by atoms with Crippen LogP contribution in [0.3, 0.4) is 0 Å². The van der Waals surface area contributed by atoms with Crippen molar-refractivity contribution in [1.29, 1.82) is 0 Å². The Balaban J connectivity index is 1.84. The fourth-order valence-electron chi connectivity index (χ4n) is 2.41. The van der Waals surface area contributed by atoms with Gasteiger partial charge in [0.25, 0.3) is 11.8 Å². The second kappa shape index (κ2) is 7.27. The zero-order valence-electron chi connectivity index (χ0n) is 13.9. The van der Waals surface area contributed by atoms with E-state index < -0.39 is 0 Å². The zero-order chi connectivity index (χ0) is 17.8. The molecule has 2 aromatic carbocycles. The van der Waals surface area contributed by atoms with Crippen molar-refractivity contribution in [2.24, 2.45) is 0 Å². The standard InChI is InChI=1S/C19H17N3O2S/c1-12-21-16(13-6-4-3-5-7-13)17(25-12)19(24)22-15-10-8-14(9-11-15)18(23)20-2/h3-11H,1-2H3,(H,20,23)(H,22,24). The number of aromatic nitrogens is 1. The number of amides is 2. The molecule has 0 saturated heterocycles. The maximum Gasteiger partial charge on any atom is 0.268 e. The molecular weight excluding hydrogens is 334 g/mol. The first-order chi connectivity index (χ1) is 12.1. The number of rotatable bonds is 4. The second-order valence-electron chi connectivity index (χ2n) is 5.39. The predicted molar refractivity (Wildman–Crippen MR) is 100 cm³/mol. The molecule has 0 radical (unpaired) electrons. The summed E-state index contributed by atoms with van der Waals surface area (Å²) in [6, 6.07) is 16.4. The van der Waals surface area contributed by atoms with Gasteiger partial charge in [-0.15, -0.1) is 11.3 Å². The lowest BCUT2D eigenvalue weighted by molar-refractivity contribution is 0.0962. The number of nitrogens with zero attached hydrogens (tertiary/aromatic N) is 1. The van der Waals surface area contributed by atoms with Crippen LogP contribution in [0, 0.1) is 6.92 Å². The maximum atomic E-state index is 12.7. The Morgan fingerprint density at radius 2 is 1.64 bits per heavy atom. The first-order valence-electron chi connectivity index (χ1n) is 7.75. The van der Waals surface area contributed by atoms with Crippen molar-refractivity contribution in [2.75, 3.05) is 12.4 Å². The van der Waals surface area contributed by atoms with Crippen LogP contribution in [0.25, 0.3) is 11.3 Å². The molecule has 0 bridgehead atoms. The molecule has 1 aromatic heterocycles. The highest BCUT2D eigenvalue weighted by atomic mass is 32.1. The lowest BCUT2D eigenvalue weighted by Crippen LogP contribution is -2.17. The molecule has 2 amide bonds. The van der Waals surface area contributed by atoms with Gasteiger partial charge in [0.1, 0.15) is 4.88 Å². The summed E-state index contributed by atoms with van der Waals surface area (Å²) in [5.74, 6) is -0.375. The summed E-state index contributed by atoms with van der Waals surface area (Å²) >= 11 is 1.36. The molecule has 5 nitrogen and oxygen atoms in total. The molecule has 0 spiro atoms. The van der Waals surface area contributed by atoms with Crippen molar-refractivity contribution in [3.63, 3.8) is 0 Å². The fraction of sp³-hybridized carbons (Fsp3) is 0.105. The molecule has 3 aromatic rings. The van der Waals surface area contributed by atoms with Crippen LogP contribution >= 0.6 is 11.3 Å². The molecule has 2 N–H and O–H groups in total. The molecule has 126 valence electrons. The van der Waals surface area contributed by atoms with Gasteiger partial charge in [-0.25, -0.2) is 4.98 Å². The molecular formula is C19H17N3O2S. The van der Waals surface area contributed by atoms with Crippen LogP contribution in [0.15, 0.2) is 54.6 Å². The Hall–Kier alpha value is -2.99. The number of carbonyl (C=O) groups is 2. The molecule has 0 saturated carbocycles. The first kappa shape index (κ1) is 16.9. The Labute approximate surface area is 149 Å². The number of thiazole rings is 1. The third kappa shape index (κ3) is 3.75. The van der Waals surface area contributed by atoms with Crippen LogP contribution in [0.2, 0.25) is 0 Å². The van der Waals surface area contributed by atoms with Gasteiger partial charge in [0.15, 0.2) is 0 Å². The summed E-state index contributed by atoms with van der Waals surface area (Å²) in [5.41, 5.74) is 2.76. The van der Waals surface area contributed by atoms with Crippen molar-refractivity contribution < 1.29 is 9.59 Å². The van der Waals surface area contributed by atoms with E-state index in [1.165, 1.54) is 11.3 Å². The predicted octanol–water partition coefficient (Wildman–Crippen LogP) is 3.73. The van der Waals surface area contributed by atoms with Gasteiger partial charge in [-0.2, -0.15) is 0 Å². The number of aryl methyl sites for hydroxylation is 1. The number of hydrogen-bond acceptors (Lipinski definition) is 4. The average Bonchev–Trinajstić information content (AvgIpc) is 3.04. The van der Waals surface area contributed by atoms with Crippen LogP contribution in [0.5, 0.6) is 0 Å². The van der Waals surface area contributed by atoms with E-state index in [1.54, 1.807) is 31.3 Å². The third-order valence-electron chi connectivity index (χ3n) is 3.62. The number of hydrogen-bond donors (Lipinski definition) is 2. The van der Waals surface area contributed by atoms with Crippen LogP contribution in [-0.4, -0.2) is 23.8 Å². The number of anilines is 1. The second-order valence-corrected chi connectivity index (χ2v) is 6.59. The third-order valence-corrected chi connectivity index (χ3v) is 4.59. The van der Waals surface area contributed by atoms with Crippen molar-refractivity contribution in [3.8, 4) is 11.3 Å².